The number of hydrogen-bond donors (Lipinski definition) is 1. The molecule has 0 spiro atoms. The van der Waals surface area contributed by atoms with Gasteiger partial charge in [-0.15, -0.1) is 0 Å². The van der Waals surface area contributed by atoms with Crippen LogP contribution in [0.4, 0.5) is 10.1 Å². The van der Waals surface area contributed by atoms with Gasteiger partial charge in [-0.25, -0.2) is 4.39 Å². The fraction of sp³-hybridized carbons (Fsp3) is 0.379. The number of pyridine rings is 1. The van der Waals surface area contributed by atoms with Gasteiger partial charge in [-0.3, -0.25) is 9.78 Å². The van der Waals surface area contributed by atoms with Crippen LogP contribution in [-0.4, -0.2) is 29.1 Å². The number of carboxylic acid groups (broad SMARTS) is 1. The van der Waals surface area contributed by atoms with Crippen LogP contribution in [0.5, 0.6) is 5.75 Å². The van der Waals surface area contributed by atoms with Crippen LogP contribution in [0.1, 0.15) is 49.2 Å². The fourth-order valence-corrected chi connectivity index (χ4v) is 4.77. The molecular weight excluding hydrogens is 443 g/mol. The van der Waals surface area contributed by atoms with Gasteiger partial charge in [-0.2, -0.15) is 0 Å². The highest BCUT2D eigenvalue weighted by Crippen LogP contribution is 2.41. The maximum atomic E-state index is 13.4. The van der Waals surface area contributed by atoms with Crippen molar-refractivity contribution < 1.29 is 19.0 Å². The summed E-state index contributed by atoms with van der Waals surface area (Å²) in [6, 6.07) is 14.1. The average molecular weight is 477 g/mol. The summed E-state index contributed by atoms with van der Waals surface area (Å²) in [5.41, 5.74) is 6.41. The molecule has 1 aromatic heterocycles. The number of rotatable bonds is 7. The smallest absolute Gasteiger partial charge is 0.307 e. The Labute approximate surface area is 206 Å². The number of anilines is 1. The van der Waals surface area contributed by atoms with E-state index < -0.39 is 5.97 Å². The van der Waals surface area contributed by atoms with E-state index in [4.69, 9.17) is 9.72 Å². The Morgan fingerprint density at radius 1 is 1.09 bits per heavy atom. The molecule has 0 atom stereocenters. The molecule has 1 fully saturated rings. The molecule has 184 valence electrons. The molecule has 1 aliphatic rings. The minimum Gasteiger partial charge on any atom is -0.489 e. The highest BCUT2D eigenvalue weighted by atomic mass is 19.1. The summed E-state index contributed by atoms with van der Waals surface area (Å²) >= 11 is 0. The van der Waals surface area contributed by atoms with Crippen molar-refractivity contribution in [2.75, 3.05) is 18.0 Å². The summed E-state index contributed by atoms with van der Waals surface area (Å²) in [7, 11) is 0. The zero-order valence-corrected chi connectivity index (χ0v) is 20.9. The van der Waals surface area contributed by atoms with E-state index in [0.717, 1.165) is 65.3 Å². The number of aromatic nitrogens is 1. The molecule has 1 saturated heterocycles. The van der Waals surface area contributed by atoms with Gasteiger partial charge in [0.1, 0.15) is 18.2 Å². The maximum Gasteiger partial charge on any atom is 0.307 e. The second-order valence-corrected chi connectivity index (χ2v) is 10.1. The Hall–Kier alpha value is -3.41. The topological polar surface area (TPSA) is 62.7 Å². The average Bonchev–Trinajstić information content (AvgIpc) is 2.80. The van der Waals surface area contributed by atoms with Gasteiger partial charge in [-0.1, -0.05) is 38.1 Å². The molecular formula is C29H33FN2O3. The van der Waals surface area contributed by atoms with Gasteiger partial charge in [-0.05, 0) is 67.5 Å². The Kier molecular flexibility index (Phi) is 7.10. The first kappa shape index (κ1) is 24.7. The normalized spacial score (nSPS) is 15.2. The third-order valence-corrected chi connectivity index (χ3v) is 6.86. The van der Waals surface area contributed by atoms with Crippen LogP contribution in [0.3, 0.4) is 0 Å². The molecule has 0 aliphatic carbocycles. The second-order valence-electron chi connectivity index (χ2n) is 10.1. The highest BCUT2D eigenvalue weighted by Gasteiger charge is 2.30. The molecule has 0 bridgehead atoms. The summed E-state index contributed by atoms with van der Waals surface area (Å²) in [4.78, 5) is 18.8. The van der Waals surface area contributed by atoms with E-state index in [1.54, 1.807) is 6.07 Å². The van der Waals surface area contributed by atoms with Crippen molar-refractivity contribution in [3.63, 3.8) is 0 Å². The summed E-state index contributed by atoms with van der Waals surface area (Å²) in [5.74, 6) is -0.457. The van der Waals surface area contributed by atoms with Gasteiger partial charge in [0.15, 0.2) is 0 Å². The minimum atomic E-state index is -0.857. The van der Waals surface area contributed by atoms with Crippen molar-refractivity contribution in [2.45, 2.75) is 53.6 Å². The lowest BCUT2D eigenvalue weighted by Crippen LogP contribution is -2.38. The largest absolute Gasteiger partial charge is 0.489 e. The molecule has 0 radical (unpaired) electrons. The lowest BCUT2D eigenvalue weighted by molar-refractivity contribution is -0.136. The quantitative estimate of drug-likeness (QED) is 0.431. The standard InChI is InChI=1S/C29H33FN2O3/c1-19-25(17-26(33)34)28(32-14-12-29(3,4)13-15-32)27(20(2)31-19)22-8-10-24(11-9-22)35-18-21-6-5-7-23(30)16-21/h5-11,16H,12-15,17-18H2,1-4H3,(H,33,34). The van der Waals surface area contributed by atoms with E-state index in [0.29, 0.717) is 5.75 Å². The number of halogens is 1. The monoisotopic (exact) mass is 476 g/mol. The highest BCUT2D eigenvalue weighted by molar-refractivity contribution is 5.86. The number of hydrogen-bond acceptors (Lipinski definition) is 4. The molecule has 2 heterocycles. The van der Waals surface area contributed by atoms with E-state index in [1.807, 2.05) is 44.2 Å². The van der Waals surface area contributed by atoms with Crippen LogP contribution in [0.15, 0.2) is 48.5 Å². The van der Waals surface area contributed by atoms with Crippen molar-refractivity contribution >= 4 is 11.7 Å². The minimum absolute atomic E-state index is 0.0594. The van der Waals surface area contributed by atoms with Crippen LogP contribution in [-0.2, 0) is 17.8 Å². The summed E-state index contributed by atoms with van der Waals surface area (Å²) in [5, 5.41) is 9.65. The molecule has 3 aromatic rings. The lowest BCUT2D eigenvalue weighted by Gasteiger charge is -2.40. The molecule has 1 N–H and O–H groups in total. The van der Waals surface area contributed by atoms with E-state index >= 15 is 0 Å². The van der Waals surface area contributed by atoms with E-state index in [2.05, 4.69) is 18.7 Å². The number of ether oxygens (including phenoxy) is 1. The van der Waals surface area contributed by atoms with Gasteiger partial charge in [0.05, 0.1) is 12.1 Å². The van der Waals surface area contributed by atoms with Crippen molar-refractivity contribution in [3.05, 3.63) is 76.9 Å². The molecule has 4 rings (SSSR count). The molecule has 35 heavy (non-hydrogen) atoms. The Balaban J connectivity index is 1.68. The summed E-state index contributed by atoms with van der Waals surface area (Å²) < 4.78 is 19.3. The van der Waals surface area contributed by atoms with Crippen molar-refractivity contribution in [2.24, 2.45) is 5.41 Å². The van der Waals surface area contributed by atoms with Crippen LogP contribution in [0, 0.1) is 25.1 Å². The number of aliphatic carboxylic acids is 1. The van der Waals surface area contributed by atoms with Crippen LogP contribution in [0.25, 0.3) is 11.1 Å². The third-order valence-electron chi connectivity index (χ3n) is 6.86. The van der Waals surface area contributed by atoms with Crippen molar-refractivity contribution in [1.29, 1.82) is 0 Å². The van der Waals surface area contributed by atoms with Gasteiger partial charge < -0.3 is 14.7 Å². The maximum absolute atomic E-state index is 13.4. The van der Waals surface area contributed by atoms with Gasteiger partial charge in [0, 0.05) is 35.6 Å². The zero-order chi connectivity index (χ0) is 25.2. The molecule has 0 saturated carbocycles. The first-order chi connectivity index (χ1) is 16.6. The lowest BCUT2D eigenvalue weighted by atomic mass is 9.82. The first-order valence-corrected chi connectivity index (χ1v) is 12.1. The summed E-state index contributed by atoms with van der Waals surface area (Å²) in [6.07, 6.45) is 2.04. The number of aryl methyl sites for hydroxylation is 2. The van der Waals surface area contributed by atoms with E-state index in [9.17, 15) is 14.3 Å². The molecule has 1 aliphatic heterocycles. The number of carboxylic acids is 1. The predicted octanol–water partition coefficient (Wildman–Crippen LogP) is 6.34. The molecule has 5 nitrogen and oxygen atoms in total. The van der Waals surface area contributed by atoms with Crippen LogP contribution >= 0.6 is 0 Å². The second kappa shape index (κ2) is 10.1. The Bertz CT molecular complexity index is 1210. The number of carbonyl (C=O) groups is 1. The number of benzene rings is 2. The Morgan fingerprint density at radius 3 is 2.40 bits per heavy atom. The first-order valence-electron chi connectivity index (χ1n) is 12.1. The van der Waals surface area contributed by atoms with Crippen LogP contribution in [0.2, 0.25) is 0 Å². The summed E-state index contributed by atoms with van der Waals surface area (Å²) in [6.45, 7) is 10.5. The van der Waals surface area contributed by atoms with Gasteiger partial charge >= 0.3 is 5.97 Å². The van der Waals surface area contributed by atoms with Crippen molar-refractivity contribution in [1.82, 2.24) is 4.98 Å². The number of piperidine rings is 1. The molecule has 0 unspecified atom stereocenters. The Morgan fingerprint density at radius 2 is 1.77 bits per heavy atom. The van der Waals surface area contributed by atoms with Gasteiger partial charge in [0.25, 0.3) is 0 Å². The van der Waals surface area contributed by atoms with Crippen molar-refractivity contribution in [3.8, 4) is 16.9 Å². The molecule has 2 aromatic carbocycles. The SMILES string of the molecule is Cc1nc(C)c(-c2ccc(OCc3cccc(F)c3)cc2)c(N2CCC(C)(C)CC2)c1CC(=O)O. The zero-order valence-electron chi connectivity index (χ0n) is 20.9. The molecule has 6 heteroatoms. The van der Waals surface area contributed by atoms with E-state index in [1.165, 1.54) is 12.1 Å². The van der Waals surface area contributed by atoms with Gasteiger partial charge in [0.2, 0.25) is 0 Å². The van der Waals surface area contributed by atoms with E-state index in [-0.39, 0.29) is 24.3 Å². The number of nitrogens with zero attached hydrogens (tertiary/aromatic N) is 2. The third kappa shape index (κ3) is 5.81. The fourth-order valence-electron chi connectivity index (χ4n) is 4.77. The molecule has 0 amide bonds. The van der Waals surface area contributed by atoms with Crippen LogP contribution < -0.4 is 9.64 Å². The predicted molar refractivity (Wildman–Crippen MR) is 136 cm³/mol.